The summed E-state index contributed by atoms with van der Waals surface area (Å²) in [6.45, 7) is 14.4. The topological polar surface area (TPSA) is 148 Å². The molecular formula is C51H62BrF2N10O4P. The van der Waals surface area contributed by atoms with Crippen molar-refractivity contribution in [2.75, 3.05) is 99.8 Å². The van der Waals surface area contributed by atoms with Crippen molar-refractivity contribution < 1.29 is 27.7 Å². The van der Waals surface area contributed by atoms with Gasteiger partial charge in [-0.15, -0.1) is 0 Å². The first kappa shape index (κ1) is 48.8. The lowest BCUT2D eigenvalue weighted by Crippen LogP contribution is -2.53. The van der Waals surface area contributed by atoms with Gasteiger partial charge in [-0.2, -0.15) is 4.98 Å². The van der Waals surface area contributed by atoms with Crippen LogP contribution >= 0.6 is 23.1 Å². The van der Waals surface area contributed by atoms with Crippen molar-refractivity contribution in [3.63, 3.8) is 0 Å². The zero-order valence-electron chi connectivity index (χ0n) is 39.9. The Morgan fingerprint density at radius 3 is 2.25 bits per heavy atom. The van der Waals surface area contributed by atoms with Crippen LogP contribution in [-0.2, 0) is 20.6 Å². The number of hydrogen-bond donors (Lipinski definition) is 3. The van der Waals surface area contributed by atoms with E-state index in [0.717, 1.165) is 119 Å². The predicted octanol–water partition coefficient (Wildman–Crippen LogP) is 8.79. The number of benzene rings is 3. The number of piperazine rings is 1. The third kappa shape index (κ3) is 10.9. The third-order valence-electron chi connectivity index (χ3n) is 14.5. The number of anilines is 6. The van der Waals surface area contributed by atoms with Crippen LogP contribution < -0.4 is 35.8 Å². The van der Waals surface area contributed by atoms with Crippen LogP contribution in [0.1, 0.15) is 68.9 Å². The standard InChI is InChI=1S/C51H62BrF2N10O4P/c1-5-33-26-42(58-51-56-30-38(52)49(60-51)57-43-31-55-41-9-7-6-8-36(41)48(43)69(3,4)67)45(68-2)29-44(33)64-20-15-34(16-21-64)63-24-22-61(23-25-63)17-12-32-13-18-62(19-14-32)35-27-39(53)47(40(54)28-35)37-10-11-46(65)59-50(37)66/h6-9,26-32,34,37H,5,10-25H2,1-4H3,(H,59,65,66)(H2,56,57,58,60). The lowest BCUT2D eigenvalue weighted by atomic mass is 9.89. The van der Waals surface area contributed by atoms with Gasteiger partial charge >= 0.3 is 0 Å². The molecule has 69 heavy (non-hydrogen) atoms. The molecule has 3 N–H and O–H groups in total. The molecule has 14 nitrogen and oxygen atoms in total. The van der Waals surface area contributed by atoms with E-state index < -0.39 is 36.5 Å². The van der Waals surface area contributed by atoms with E-state index in [9.17, 15) is 14.2 Å². The highest BCUT2D eigenvalue weighted by molar-refractivity contribution is 9.10. The van der Waals surface area contributed by atoms with Crippen LogP contribution in [-0.4, -0.2) is 122 Å². The van der Waals surface area contributed by atoms with Crippen LogP contribution in [0.4, 0.5) is 43.3 Å². The number of imide groups is 1. The number of para-hydroxylation sites is 1. The maximum absolute atomic E-state index is 15.2. The second-order valence-electron chi connectivity index (χ2n) is 19.2. The van der Waals surface area contributed by atoms with Crippen molar-refractivity contribution in [3.8, 4) is 5.75 Å². The summed E-state index contributed by atoms with van der Waals surface area (Å²) in [5.41, 5.74) is 4.85. The SMILES string of the molecule is CCc1cc(Nc2ncc(Br)c(Nc3cnc4ccccc4c3P(C)(C)=O)n2)c(OC)cc1N1CCC(N2CCN(CCC3CCN(c4cc(F)c(C5CCC(=O)NC5=O)c(F)c4)CC3)CC2)CC1. The molecule has 2 aromatic heterocycles. The summed E-state index contributed by atoms with van der Waals surface area (Å²) in [5.74, 6) is -1.33. The average molecular weight is 1030 g/mol. The molecule has 4 aliphatic rings. The zero-order chi connectivity index (χ0) is 48.4. The molecule has 3 aromatic carbocycles. The summed E-state index contributed by atoms with van der Waals surface area (Å²) in [6, 6.07) is 15.2. The monoisotopic (exact) mass is 1030 g/mol. The lowest BCUT2D eigenvalue weighted by molar-refractivity contribution is -0.134. The fraction of sp³-hybridized carbons (Fsp3) is 0.471. The van der Waals surface area contributed by atoms with Gasteiger partial charge in [0.25, 0.3) is 0 Å². The van der Waals surface area contributed by atoms with Gasteiger partial charge in [-0.1, -0.05) is 25.1 Å². The zero-order valence-corrected chi connectivity index (χ0v) is 42.4. The van der Waals surface area contributed by atoms with Gasteiger partial charge < -0.3 is 34.6 Å². The molecule has 6 heterocycles. The quantitative estimate of drug-likeness (QED) is 0.0720. The number of nitrogens with one attached hydrogen (secondary N) is 3. The van der Waals surface area contributed by atoms with Gasteiger partial charge in [0.15, 0.2) is 0 Å². The number of halogens is 3. The number of piperidine rings is 3. The number of hydrogen-bond acceptors (Lipinski definition) is 13. The molecule has 0 saturated carbocycles. The molecule has 5 aromatic rings. The minimum absolute atomic E-state index is 0.0710. The lowest BCUT2D eigenvalue weighted by Gasteiger charge is -2.44. The van der Waals surface area contributed by atoms with E-state index in [4.69, 9.17) is 9.72 Å². The fourth-order valence-corrected chi connectivity index (χ4v) is 12.5. The number of aromatic nitrogens is 3. The van der Waals surface area contributed by atoms with Crippen LogP contribution in [0.15, 0.2) is 65.4 Å². The van der Waals surface area contributed by atoms with Crippen molar-refractivity contribution in [1.82, 2.24) is 30.1 Å². The number of fused-ring (bicyclic) bond motifs is 1. The number of ether oxygens (including phenoxy) is 1. The average Bonchev–Trinajstić information content (AvgIpc) is 3.34. The van der Waals surface area contributed by atoms with Gasteiger partial charge in [-0.3, -0.25) is 24.8 Å². The maximum atomic E-state index is 15.2. The second-order valence-corrected chi connectivity index (χ2v) is 23.2. The van der Waals surface area contributed by atoms with Crippen molar-refractivity contribution in [2.45, 2.75) is 70.3 Å². The van der Waals surface area contributed by atoms with E-state index in [-0.39, 0.29) is 18.4 Å². The van der Waals surface area contributed by atoms with Crippen LogP contribution in [0.3, 0.4) is 0 Å². The molecule has 1 atom stereocenters. The summed E-state index contributed by atoms with van der Waals surface area (Å²) in [6.07, 6.45) is 9.67. The van der Waals surface area contributed by atoms with Crippen molar-refractivity contribution in [2.24, 2.45) is 5.92 Å². The van der Waals surface area contributed by atoms with Gasteiger partial charge in [-0.05, 0) is 116 Å². The molecule has 0 radical (unpaired) electrons. The second kappa shape index (κ2) is 21.0. The van der Waals surface area contributed by atoms with E-state index in [2.05, 4.69) is 75.6 Å². The summed E-state index contributed by atoms with van der Waals surface area (Å²) in [4.78, 5) is 47.7. The highest BCUT2D eigenvalue weighted by Gasteiger charge is 2.34. The van der Waals surface area contributed by atoms with Gasteiger partial charge in [0.2, 0.25) is 17.8 Å². The minimum Gasteiger partial charge on any atom is -0.494 e. The molecule has 4 fully saturated rings. The van der Waals surface area contributed by atoms with Crippen LogP contribution in [0.25, 0.3) is 10.9 Å². The first-order valence-corrected chi connectivity index (χ1v) is 27.6. The number of carbonyl (C=O) groups is 2. The molecule has 366 valence electrons. The van der Waals surface area contributed by atoms with E-state index >= 15 is 8.78 Å². The van der Waals surface area contributed by atoms with E-state index in [1.807, 2.05) is 29.2 Å². The van der Waals surface area contributed by atoms with E-state index in [1.165, 1.54) is 23.4 Å². The van der Waals surface area contributed by atoms with Crippen molar-refractivity contribution >= 4 is 85.6 Å². The first-order chi connectivity index (χ1) is 33.3. The molecule has 0 spiro atoms. The Labute approximate surface area is 411 Å². The summed E-state index contributed by atoms with van der Waals surface area (Å²) in [5, 5.41) is 10.6. The first-order valence-electron chi connectivity index (χ1n) is 24.3. The number of amides is 2. The van der Waals surface area contributed by atoms with Gasteiger partial charge in [-0.25, -0.2) is 13.8 Å². The van der Waals surface area contributed by atoms with Crippen LogP contribution in [0, 0.1) is 17.6 Å². The van der Waals surface area contributed by atoms with E-state index in [0.29, 0.717) is 45.3 Å². The number of carbonyl (C=O) groups excluding carboxylic acids is 2. The summed E-state index contributed by atoms with van der Waals surface area (Å²) >= 11 is 3.61. The van der Waals surface area contributed by atoms with Crippen molar-refractivity contribution in [1.29, 1.82) is 0 Å². The Kier molecular flexibility index (Phi) is 14.9. The van der Waals surface area contributed by atoms with Crippen molar-refractivity contribution in [3.05, 3.63) is 88.2 Å². The number of nitrogens with zero attached hydrogens (tertiary/aromatic N) is 7. The smallest absolute Gasteiger partial charge is 0.234 e. The predicted molar refractivity (Wildman–Crippen MR) is 274 cm³/mol. The molecule has 2 amide bonds. The van der Waals surface area contributed by atoms with Crippen LogP contribution in [0.5, 0.6) is 5.75 Å². The Morgan fingerprint density at radius 1 is 0.855 bits per heavy atom. The Morgan fingerprint density at radius 2 is 1.57 bits per heavy atom. The number of methoxy groups -OCH3 is 1. The summed E-state index contributed by atoms with van der Waals surface area (Å²) < 4.78 is 50.7. The van der Waals surface area contributed by atoms with Crippen LogP contribution in [0.2, 0.25) is 0 Å². The normalized spacial score (nSPS) is 19.3. The third-order valence-corrected chi connectivity index (χ3v) is 16.7. The Bertz CT molecular complexity index is 2730. The van der Waals surface area contributed by atoms with Gasteiger partial charge in [0, 0.05) is 105 Å². The highest BCUT2D eigenvalue weighted by atomic mass is 79.9. The number of aryl methyl sites for hydroxylation is 1. The van der Waals surface area contributed by atoms with Gasteiger partial charge in [0.1, 0.15) is 30.3 Å². The highest BCUT2D eigenvalue weighted by Crippen LogP contribution is 2.42. The Balaban J connectivity index is 0.750. The fourth-order valence-electron chi connectivity index (χ4n) is 10.7. The Hall–Kier alpha value is -5.22. The molecule has 0 aliphatic carbocycles. The molecule has 18 heteroatoms. The summed E-state index contributed by atoms with van der Waals surface area (Å²) in [7, 11) is -1.03. The maximum Gasteiger partial charge on any atom is 0.234 e. The van der Waals surface area contributed by atoms with E-state index in [1.54, 1.807) is 32.8 Å². The molecule has 9 rings (SSSR count). The molecule has 0 bridgehead atoms. The molecule has 1 unspecified atom stereocenters. The molecule has 4 aliphatic heterocycles. The largest absolute Gasteiger partial charge is 0.494 e. The number of rotatable bonds is 14. The minimum atomic E-state index is -2.72. The molecular weight excluding hydrogens is 966 g/mol. The van der Waals surface area contributed by atoms with Gasteiger partial charge in [0.05, 0.1) is 40.6 Å². The number of pyridine rings is 1. The molecule has 4 saturated heterocycles.